The molecule has 0 fully saturated rings. The molecule has 0 saturated carbocycles. The highest BCUT2D eigenvalue weighted by molar-refractivity contribution is 7.99. The fourth-order valence-electron chi connectivity index (χ4n) is 2.10. The molecule has 1 aliphatic rings. The summed E-state index contributed by atoms with van der Waals surface area (Å²) in [6.45, 7) is 0. The largest absolute Gasteiger partial charge is 0.308 e. The molecule has 1 heterocycles. The first-order valence-corrected chi connectivity index (χ1v) is 7.64. The van der Waals surface area contributed by atoms with E-state index in [1.807, 2.05) is 18.2 Å². The minimum absolute atomic E-state index is 0.445. The number of carbonyl (C=O) groups excluding carboxylic acids is 2. The molecule has 3 nitrogen and oxygen atoms in total. The highest BCUT2D eigenvalue weighted by Crippen LogP contribution is 2.36. The zero-order valence-electron chi connectivity index (χ0n) is 10.9. The molecule has 0 atom stereocenters. The van der Waals surface area contributed by atoms with Crippen LogP contribution < -0.4 is 4.90 Å². The molecule has 0 bridgehead atoms. The first-order valence-electron chi connectivity index (χ1n) is 6.06. The van der Waals surface area contributed by atoms with Gasteiger partial charge in [-0.1, -0.05) is 35.0 Å². The van der Waals surface area contributed by atoms with E-state index in [2.05, 4.69) is 0 Å². The van der Waals surface area contributed by atoms with Gasteiger partial charge in [0.15, 0.2) is 0 Å². The lowest BCUT2D eigenvalue weighted by Crippen LogP contribution is -2.24. The maximum atomic E-state index is 11.7. The highest BCUT2D eigenvalue weighted by Gasteiger charge is 2.33. The molecule has 3 rings (SSSR count). The van der Waals surface area contributed by atoms with Crippen molar-refractivity contribution in [3.8, 4) is 0 Å². The van der Waals surface area contributed by atoms with E-state index >= 15 is 0 Å². The number of amides is 1. The van der Waals surface area contributed by atoms with E-state index < -0.39 is 11.7 Å². The summed E-state index contributed by atoms with van der Waals surface area (Å²) in [7, 11) is 1.60. The number of fused-ring (bicyclic) bond motifs is 1. The van der Waals surface area contributed by atoms with E-state index in [4.69, 9.17) is 23.2 Å². The van der Waals surface area contributed by atoms with Crippen LogP contribution in [-0.4, -0.2) is 18.7 Å². The number of hydrogen-bond donors (Lipinski definition) is 0. The van der Waals surface area contributed by atoms with Crippen molar-refractivity contribution in [2.45, 2.75) is 9.79 Å². The normalized spacial score (nSPS) is 13.8. The monoisotopic (exact) mass is 337 g/mol. The predicted octanol–water partition coefficient (Wildman–Crippen LogP) is 4.30. The Morgan fingerprint density at radius 3 is 2.33 bits per heavy atom. The second kappa shape index (κ2) is 5.37. The third kappa shape index (κ3) is 2.55. The van der Waals surface area contributed by atoms with Gasteiger partial charge in [-0.3, -0.25) is 9.59 Å². The summed E-state index contributed by atoms with van der Waals surface area (Å²) in [6, 6.07) is 10.7. The van der Waals surface area contributed by atoms with Crippen molar-refractivity contribution < 1.29 is 9.59 Å². The van der Waals surface area contributed by atoms with E-state index in [1.165, 1.54) is 16.7 Å². The molecule has 2 aromatic carbocycles. The molecule has 0 spiro atoms. The third-order valence-electron chi connectivity index (χ3n) is 3.20. The number of carbonyl (C=O) groups is 2. The number of anilines is 1. The van der Waals surface area contributed by atoms with Gasteiger partial charge in [0, 0.05) is 16.8 Å². The van der Waals surface area contributed by atoms with Gasteiger partial charge in [-0.05, 0) is 36.4 Å². The van der Waals surface area contributed by atoms with Crippen LogP contribution in [0.2, 0.25) is 10.0 Å². The smallest absolute Gasteiger partial charge is 0.299 e. The summed E-state index contributed by atoms with van der Waals surface area (Å²) >= 11 is 13.4. The minimum Gasteiger partial charge on any atom is -0.308 e. The van der Waals surface area contributed by atoms with Gasteiger partial charge in [-0.2, -0.15) is 0 Å². The molecule has 1 amide bonds. The summed E-state index contributed by atoms with van der Waals surface area (Å²) in [4.78, 5) is 26.6. The van der Waals surface area contributed by atoms with Crippen LogP contribution in [0, 0.1) is 0 Å². The Morgan fingerprint density at radius 1 is 0.952 bits per heavy atom. The molecule has 21 heavy (non-hydrogen) atoms. The molecule has 6 heteroatoms. The minimum atomic E-state index is -0.498. The fraction of sp³-hybridized carbons (Fsp3) is 0.0667. The topological polar surface area (TPSA) is 37.4 Å². The molecule has 0 unspecified atom stereocenters. The van der Waals surface area contributed by atoms with Crippen molar-refractivity contribution in [3.63, 3.8) is 0 Å². The average Bonchev–Trinajstić information content (AvgIpc) is 2.68. The third-order valence-corrected chi connectivity index (χ3v) is 4.92. The van der Waals surface area contributed by atoms with Crippen LogP contribution in [0.1, 0.15) is 10.4 Å². The fourth-order valence-corrected chi connectivity index (χ4v) is 3.35. The lowest BCUT2D eigenvalue weighted by atomic mass is 10.1. The number of halogens is 2. The van der Waals surface area contributed by atoms with Crippen LogP contribution in [0.4, 0.5) is 5.69 Å². The van der Waals surface area contributed by atoms with Crippen LogP contribution in [0.5, 0.6) is 0 Å². The Hall–Kier alpha value is -1.49. The average molecular weight is 338 g/mol. The molecule has 1 aliphatic heterocycles. The number of Topliss-reactive ketones (excluding diaryl/α,β-unsaturated/α-hetero) is 1. The van der Waals surface area contributed by atoms with Gasteiger partial charge in [0.25, 0.3) is 11.7 Å². The molecule has 0 aromatic heterocycles. The van der Waals surface area contributed by atoms with Crippen molar-refractivity contribution in [2.24, 2.45) is 0 Å². The van der Waals surface area contributed by atoms with Gasteiger partial charge in [-0.25, -0.2) is 0 Å². The standard InChI is InChI=1S/C15H9Cl2NO2S/c1-18-13-7-9(2-4-10(13)14(19)15(18)20)21-8-3-5-11(16)12(17)6-8/h2-7H,1H3. The van der Waals surface area contributed by atoms with Gasteiger partial charge in [0.1, 0.15) is 0 Å². The van der Waals surface area contributed by atoms with Crippen LogP contribution in [0.3, 0.4) is 0 Å². The molecule has 2 aromatic rings. The van der Waals surface area contributed by atoms with Crippen molar-refractivity contribution in [3.05, 3.63) is 52.0 Å². The number of ketones is 1. The first kappa shape index (κ1) is 14.4. The summed E-state index contributed by atoms with van der Waals surface area (Å²) in [5.74, 6) is -0.958. The van der Waals surface area contributed by atoms with Gasteiger partial charge < -0.3 is 4.90 Å². The van der Waals surface area contributed by atoms with E-state index in [9.17, 15) is 9.59 Å². The zero-order chi connectivity index (χ0) is 15.1. The zero-order valence-corrected chi connectivity index (χ0v) is 13.2. The predicted molar refractivity (Wildman–Crippen MR) is 84.8 cm³/mol. The number of hydrogen-bond acceptors (Lipinski definition) is 3. The number of rotatable bonds is 2. The second-order valence-electron chi connectivity index (χ2n) is 4.55. The van der Waals surface area contributed by atoms with Crippen LogP contribution in [-0.2, 0) is 4.79 Å². The highest BCUT2D eigenvalue weighted by atomic mass is 35.5. The molecule has 0 N–H and O–H groups in total. The lowest BCUT2D eigenvalue weighted by Gasteiger charge is -2.10. The Balaban J connectivity index is 1.93. The second-order valence-corrected chi connectivity index (χ2v) is 6.51. The van der Waals surface area contributed by atoms with Gasteiger partial charge in [0.05, 0.1) is 21.3 Å². The molecule has 0 radical (unpaired) electrons. The van der Waals surface area contributed by atoms with Gasteiger partial charge >= 0.3 is 0 Å². The van der Waals surface area contributed by atoms with E-state index in [1.54, 1.807) is 25.2 Å². The maximum Gasteiger partial charge on any atom is 0.299 e. The Labute approximate surface area is 135 Å². The Kier molecular flexibility index (Phi) is 3.69. The maximum absolute atomic E-state index is 11.7. The molecular formula is C15H9Cl2NO2S. The van der Waals surface area contributed by atoms with Crippen LogP contribution in [0.25, 0.3) is 0 Å². The van der Waals surface area contributed by atoms with E-state index in [-0.39, 0.29) is 0 Å². The summed E-state index contributed by atoms with van der Waals surface area (Å²) in [5.41, 5.74) is 1.08. The molecular weight excluding hydrogens is 329 g/mol. The van der Waals surface area contributed by atoms with E-state index in [0.29, 0.717) is 21.3 Å². The molecule has 0 saturated heterocycles. The summed E-state index contributed by atoms with van der Waals surface area (Å²) in [5, 5.41) is 0.996. The molecule has 106 valence electrons. The van der Waals surface area contributed by atoms with Crippen molar-refractivity contribution in [2.75, 3.05) is 11.9 Å². The Bertz CT molecular complexity index is 776. The van der Waals surface area contributed by atoms with Gasteiger partial charge in [-0.15, -0.1) is 0 Å². The summed E-state index contributed by atoms with van der Waals surface area (Å²) < 4.78 is 0. The van der Waals surface area contributed by atoms with E-state index in [0.717, 1.165) is 9.79 Å². The SMILES string of the molecule is CN1C(=O)C(=O)c2ccc(Sc3ccc(Cl)c(Cl)c3)cc21. The van der Waals surface area contributed by atoms with Crippen molar-refractivity contribution in [1.29, 1.82) is 0 Å². The first-order chi connectivity index (χ1) is 9.97. The number of nitrogens with zero attached hydrogens (tertiary/aromatic N) is 1. The van der Waals surface area contributed by atoms with Crippen molar-refractivity contribution in [1.82, 2.24) is 0 Å². The quantitative estimate of drug-likeness (QED) is 0.766. The van der Waals surface area contributed by atoms with Crippen LogP contribution >= 0.6 is 35.0 Å². The van der Waals surface area contributed by atoms with Crippen molar-refractivity contribution >= 4 is 52.3 Å². The summed E-state index contributed by atoms with van der Waals surface area (Å²) in [6.07, 6.45) is 0. The number of benzene rings is 2. The molecule has 0 aliphatic carbocycles. The van der Waals surface area contributed by atoms with Gasteiger partial charge in [0.2, 0.25) is 0 Å². The number of likely N-dealkylation sites (N-methyl/N-ethyl adjacent to an activating group) is 1. The van der Waals surface area contributed by atoms with Crippen LogP contribution in [0.15, 0.2) is 46.2 Å². The lowest BCUT2D eigenvalue weighted by molar-refractivity contribution is -0.114. The Morgan fingerprint density at radius 2 is 1.62 bits per heavy atom.